The number of nitrogens with zero attached hydrogens (tertiary/aromatic N) is 2. The van der Waals surface area contributed by atoms with E-state index in [1.165, 1.54) is 21.9 Å². The Kier molecular flexibility index (Phi) is 4.46. The molecule has 0 atom stereocenters. The predicted octanol–water partition coefficient (Wildman–Crippen LogP) is 2.15. The van der Waals surface area contributed by atoms with Gasteiger partial charge in [-0.25, -0.2) is 4.98 Å². The first kappa shape index (κ1) is 17.2. The minimum absolute atomic E-state index is 0.0880. The Morgan fingerprint density at radius 3 is 2.71 bits per heavy atom. The SMILES string of the molecule is O=c1[nH]c(C[NH+]2CCN(c3ccccc3)CC2)nc2scc(-c3ccco3)c12. The van der Waals surface area contributed by atoms with E-state index in [1.54, 1.807) is 6.26 Å². The molecule has 5 rings (SSSR count). The van der Waals surface area contributed by atoms with E-state index >= 15 is 0 Å². The summed E-state index contributed by atoms with van der Waals surface area (Å²) in [7, 11) is 0. The fourth-order valence-electron chi connectivity index (χ4n) is 3.82. The van der Waals surface area contributed by atoms with Crippen molar-refractivity contribution in [2.24, 2.45) is 0 Å². The molecule has 6 nitrogen and oxygen atoms in total. The highest BCUT2D eigenvalue weighted by Crippen LogP contribution is 2.30. The van der Waals surface area contributed by atoms with Crippen LogP contribution in [0.5, 0.6) is 0 Å². The van der Waals surface area contributed by atoms with Crippen molar-refractivity contribution < 1.29 is 9.32 Å². The Hall–Kier alpha value is -2.90. The second-order valence-corrected chi connectivity index (χ2v) is 7.93. The van der Waals surface area contributed by atoms with Crippen molar-refractivity contribution in [2.45, 2.75) is 6.54 Å². The monoisotopic (exact) mass is 393 g/mol. The van der Waals surface area contributed by atoms with Crippen molar-refractivity contribution in [2.75, 3.05) is 31.1 Å². The van der Waals surface area contributed by atoms with Crippen molar-refractivity contribution in [1.82, 2.24) is 9.97 Å². The number of aromatic nitrogens is 2. The zero-order valence-corrected chi connectivity index (χ0v) is 16.2. The van der Waals surface area contributed by atoms with Gasteiger partial charge in [-0.1, -0.05) is 18.2 Å². The molecule has 142 valence electrons. The highest BCUT2D eigenvalue weighted by atomic mass is 32.1. The van der Waals surface area contributed by atoms with Crippen LogP contribution in [0.25, 0.3) is 21.5 Å². The molecule has 0 spiro atoms. The minimum atomic E-state index is -0.0880. The fourth-order valence-corrected chi connectivity index (χ4v) is 4.77. The number of aromatic amines is 1. The smallest absolute Gasteiger partial charge is 0.260 e. The summed E-state index contributed by atoms with van der Waals surface area (Å²) < 4.78 is 5.46. The van der Waals surface area contributed by atoms with Crippen LogP contribution in [-0.2, 0) is 6.54 Å². The lowest BCUT2D eigenvalue weighted by molar-refractivity contribution is -0.915. The molecule has 3 aromatic heterocycles. The molecule has 1 aromatic carbocycles. The number of anilines is 1. The lowest BCUT2D eigenvalue weighted by atomic mass is 10.2. The molecule has 0 unspecified atom stereocenters. The summed E-state index contributed by atoms with van der Waals surface area (Å²) in [5, 5.41) is 2.56. The van der Waals surface area contributed by atoms with Crippen LogP contribution in [0.3, 0.4) is 0 Å². The van der Waals surface area contributed by atoms with Crippen molar-refractivity contribution in [1.29, 1.82) is 0 Å². The first-order chi connectivity index (χ1) is 13.8. The minimum Gasteiger partial charge on any atom is -0.464 e. The van der Waals surface area contributed by atoms with Gasteiger partial charge in [-0.2, -0.15) is 0 Å². The Balaban J connectivity index is 1.32. The molecule has 4 heterocycles. The molecule has 0 radical (unpaired) electrons. The fraction of sp³-hybridized carbons (Fsp3) is 0.238. The van der Waals surface area contributed by atoms with Gasteiger partial charge in [0.1, 0.15) is 17.1 Å². The summed E-state index contributed by atoms with van der Waals surface area (Å²) in [5.41, 5.74) is 2.00. The number of para-hydroxylation sites is 1. The van der Waals surface area contributed by atoms with Crippen LogP contribution < -0.4 is 15.4 Å². The van der Waals surface area contributed by atoms with Gasteiger partial charge in [-0.15, -0.1) is 11.3 Å². The van der Waals surface area contributed by atoms with Gasteiger partial charge in [0.15, 0.2) is 5.82 Å². The number of thiophene rings is 1. The van der Waals surface area contributed by atoms with Crippen LogP contribution >= 0.6 is 11.3 Å². The summed E-state index contributed by atoms with van der Waals surface area (Å²) in [6, 6.07) is 14.2. The second kappa shape index (κ2) is 7.26. The third kappa shape index (κ3) is 3.23. The molecule has 0 amide bonds. The van der Waals surface area contributed by atoms with Crippen molar-refractivity contribution in [3.8, 4) is 11.3 Å². The number of fused-ring (bicyclic) bond motifs is 1. The Bertz CT molecular complexity index is 1130. The van der Waals surface area contributed by atoms with Crippen LogP contribution in [0.1, 0.15) is 5.82 Å². The van der Waals surface area contributed by atoms with Gasteiger partial charge >= 0.3 is 0 Å². The number of rotatable bonds is 4. The summed E-state index contributed by atoms with van der Waals surface area (Å²) in [4.78, 5) is 25.1. The van der Waals surface area contributed by atoms with Crippen LogP contribution in [-0.4, -0.2) is 36.1 Å². The normalized spacial score (nSPS) is 15.4. The van der Waals surface area contributed by atoms with E-state index in [9.17, 15) is 4.79 Å². The van der Waals surface area contributed by atoms with E-state index in [2.05, 4.69) is 34.1 Å². The first-order valence-corrected chi connectivity index (χ1v) is 10.3. The zero-order valence-electron chi connectivity index (χ0n) is 15.4. The van der Waals surface area contributed by atoms with Gasteiger partial charge < -0.3 is 19.2 Å². The van der Waals surface area contributed by atoms with Crippen molar-refractivity contribution in [3.05, 3.63) is 70.3 Å². The third-order valence-corrected chi connectivity index (χ3v) is 6.16. The number of benzene rings is 1. The quantitative estimate of drug-likeness (QED) is 0.558. The molecule has 0 aliphatic carbocycles. The van der Waals surface area contributed by atoms with Crippen LogP contribution in [0.15, 0.2) is 63.3 Å². The Morgan fingerprint density at radius 1 is 1.14 bits per heavy atom. The highest BCUT2D eigenvalue weighted by molar-refractivity contribution is 7.17. The number of hydrogen-bond acceptors (Lipinski definition) is 5. The molecule has 1 saturated heterocycles. The lowest BCUT2D eigenvalue weighted by Crippen LogP contribution is -3.13. The predicted molar refractivity (Wildman–Crippen MR) is 111 cm³/mol. The summed E-state index contributed by atoms with van der Waals surface area (Å²) in [5.74, 6) is 1.46. The number of furan rings is 1. The molecule has 1 fully saturated rings. The van der Waals surface area contributed by atoms with Crippen molar-refractivity contribution in [3.63, 3.8) is 0 Å². The molecule has 0 saturated carbocycles. The third-order valence-electron chi connectivity index (χ3n) is 5.29. The van der Waals surface area contributed by atoms with Gasteiger partial charge in [-0.05, 0) is 24.3 Å². The number of quaternary nitrogens is 1. The van der Waals surface area contributed by atoms with Gasteiger partial charge in [0, 0.05) is 16.6 Å². The molecule has 2 N–H and O–H groups in total. The average molecular weight is 393 g/mol. The second-order valence-electron chi connectivity index (χ2n) is 7.07. The van der Waals surface area contributed by atoms with E-state index in [1.807, 2.05) is 23.6 Å². The van der Waals surface area contributed by atoms with Crippen LogP contribution in [0.4, 0.5) is 5.69 Å². The topological polar surface area (TPSA) is 66.6 Å². The Labute approximate surface area is 166 Å². The van der Waals surface area contributed by atoms with Gasteiger partial charge in [0.05, 0.1) is 37.8 Å². The molecular weight excluding hydrogens is 372 g/mol. The average Bonchev–Trinajstić information content (AvgIpc) is 3.39. The lowest BCUT2D eigenvalue weighted by Gasteiger charge is -2.33. The molecule has 1 aliphatic rings. The standard InChI is InChI=1S/C21H20N4O2S/c26-20-19-16(17-7-4-12-27-17)14-28-21(19)23-18(22-20)13-24-8-10-25(11-9-24)15-5-2-1-3-6-15/h1-7,12,14H,8-11,13H2,(H,22,23,26)/p+1. The van der Waals surface area contributed by atoms with E-state index in [4.69, 9.17) is 9.40 Å². The Morgan fingerprint density at radius 2 is 1.96 bits per heavy atom. The molecular formula is C21H21N4O2S+. The van der Waals surface area contributed by atoms with Crippen LogP contribution in [0, 0.1) is 0 Å². The largest absolute Gasteiger partial charge is 0.464 e. The first-order valence-electron chi connectivity index (χ1n) is 9.46. The molecule has 4 aromatic rings. The molecule has 1 aliphatic heterocycles. The van der Waals surface area contributed by atoms with E-state index in [-0.39, 0.29) is 5.56 Å². The summed E-state index contributed by atoms with van der Waals surface area (Å²) in [6.45, 7) is 4.81. The van der Waals surface area contributed by atoms with E-state index in [0.717, 1.165) is 48.9 Å². The summed E-state index contributed by atoms with van der Waals surface area (Å²) in [6.07, 6.45) is 1.62. The van der Waals surface area contributed by atoms with Gasteiger partial charge in [-0.3, -0.25) is 4.79 Å². The molecule has 7 heteroatoms. The number of H-pyrrole nitrogens is 1. The van der Waals surface area contributed by atoms with E-state index in [0.29, 0.717) is 11.1 Å². The maximum absolute atomic E-state index is 12.7. The van der Waals surface area contributed by atoms with Gasteiger partial charge in [0.25, 0.3) is 5.56 Å². The summed E-state index contributed by atoms with van der Waals surface area (Å²) >= 11 is 1.49. The molecule has 28 heavy (non-hydrogen) atoms. The number of piperazine rings is 1. The highest BCUT2D eigenvalue weighted by Gasteiger charge is 2.22. The number of nitrogens with one attached hydrogen (secondary N) is 2. The maximum Gasteiger partial charge on any atom is 0.260 e. The van der Waals surface area contributed by atoms with Crippen LogP contribution in [0.2, 0.25) is 0 Å². The number of hydrogen-bond donors (Lipinski definition) is 2. The van der Waals surface area contributed by atoms with E-state index < -0.39 is 0 Å². The van der Waals surface area contributed by atoms with Crippen molar-refractivity contribution >= 4 is 27.2 Å². The zero-order chi connectivity index (χ0) is 18.9. The maximum atomic E-state index is 12.7. The molecule has 0 bridgehead atoms. The van der Waals surface area contributed by atoms with Gasteiger partial charge in [0.2, 0.25) is 0 Å².